The number of hydrogen-bond donors (Lipinski definition) is 1. The summed E-state index contributed by atoms with van der Waals surface area (Å²) in [6, 6.07) is 5.30. The number of phenols is 1. The number of amides is 1. The van der Waals surface area contributed by atoms with E-state index in [1.807, 2.05) is 11.4 Å². The minimum absolute atomic E-state index is 0.0956. The molecule has 0 fully saturated rings. The number of phenolic OH excluding ortho intramolecular Hbond substituents is 1. The summed E-state index contributed by atoms with van der Waals surface area (Å²) < 4.78 is 13.9. The molecule has 3 nitrogen and oxygen atoms in total. The van der Waals surface area contributed by atoms with Crippen LogP contribution in [0.5, 0.6) is 5.75 Å². The molecule has 0 unspecified atom stereocenters. The van der Waals surface area contributed by atoms with Crippen LogP contribution in [0.15, 0.2) is 33.4 Å². The van der Waals surface area contributed by atoms with E-state index in [1.165, 1.54) is 22.3 Å². The Morgan fingerprint density at radius 2 is 2.21 bits per heavy atom. The highest BCUT2D eigenvalue weighted by molar-refractivity contribution is 9.11. The van der Waals surface area contributed by atoms with Gasteiger partial charge in [0.1, 0.15) is 11.6 Å². The van der Waals surface area contributed by atoms with E-state index in [9.17, 15) is 14.3 Å². The van der Waals surface area contributed by atoms with Gasteiger partial charge in [-0.1, -0.05) is 0 Å². The third-order valence-corrected chi connectivity index (χ3v) is 4.13. The van der Waals surface area contributed by atoms with Crippen LogP contribution in [-0.4, -0.2) is 23.0 Å². The summed E-state index contributed by atoms with van der Waals surface area (Å²) in [4.78, 5) is 13.6. The van der Waals surface area contributed by atoms with Gasteiger partial charge in [0.25, 0.3) is 5.91 Å². The molecular weight excluding hydrogens is 333 g/mol. The summed E-state index contributed by atoms with van der Waals surface area (Å²) >= 11 is 4.90. The molecule has 1 amide bonds. The van der Waals surface area contributed by atoms with Crippen molar-refractivity contribution in [2.24, 2.45) is 0 Å². The van der Waals surface area contributed by atoms with Crippen molar-refractivity contribution < 1.29 is 14.3 Å². The summed E-state index contributed by atoms with van der Waals surface area (Å²) in [5.74, 6) is -1.26. The van der Waals surface area contributed by atoms with E-state index in [2.05, 4.69) is 15.9 Å². The standard InChI is InChI=1S/C13H11BrFNO2S/c1-16(6-8-4-12(14)19-7-8)13(18)10-3-2-9(15)5-11(10)17/h2-5,7,17H,6H2,1H3. The molecule has 0 radical (unpaired) electrons. The number of thiophene rings is 1. The van der Waals surface area contributed by atoms with Crippen LogP contribution in [0.4, 0.5) is 4.39 Å². The summed E-state index contributed by atoms with van der Waals surface area (Å²) in [5.41, 5.74) is 1.09. The lowest BCUT2D eigenvalue weighted by molar-refractivity contribution is 0.0782. The molecule has 100 valence electrons. The highest BCUT2D eigenvalue weighted by atomic mass is 79.9. The molecular formula is C13H11BrFNO2S. The van der Waals surface area contributed by atoms with E-state index in [1.54, 1.807) is 7.05 Å². The van der Waals surface area contributed by atoms with Gasteiger partial charge in [-0.15, -0.1) is 11.3 Å². The predicted octanol–water partition coefficient (Wildman–Crippen LogP) is 3.63. The first-order chi connectivity index (χ1) is 8.97. The van der Waals surface area contributed by atoms with Crippen molar-refractivity contribution in [2.75, 3.05) is 7.05 Å². The van der Waals surface area contributed by atoms with Crippen LogP contribution in [-0.2, 0) is 6.54 Å². The Morgan fingerprint density at radius 1 is 1.47 bits per heavy atom. The van der Waals surface area contributed by atoms with Crippen LogP contribution >= 0.6 is 27.3 Å². The Bertz CT molecular complexity index is 614. The van der Waals surface area contributed by atoms with E-state index >= 15 is 0 Å². The molecule has 0 saturated heterocycles. The number of carbonyl (C=O) groups is 1. The molecule has 1 aromatic carbocycles. The predicted molar refractivity (Wildman–Crippen MR) is 75.9 cm³/mol. The lowest BCUT2D eigenvalue weighted by atomic mass is 10.1. The molecule has 1 N–H and O–H groups in total. The van der Waals surface area contributed by atoms with E-state index in [0.29, 0.717) is 6.54 Å². The third kappa shape index (κ3) is 3.33. The van der Waals surface area contributed by atoms with Crippen LogP contribution in [0.2, 0.25) is 0 Å². The maximum absolute atomic E-state index is 12.9. The van der Waals surface area contributed by atoms with Crippen molar-refractivity contribution in [3.05, 3.63) is 50.4 Å². The third-order valence-electron chi connectivity index (χ3n) is 2.58. The van der Waals surface area contributed by atoms with Gasteiger partial charge in [0, 0.05) is 19.7 Å². The van der Waals surface area contributed by atoms with Crippen LogP contribution < -0.4 is 0 Å². The molecule has 2 rings (SSSR count). The van der Waals surface area contributed by atoms with Gasteiger partial charge in [-0.3, -0.25) is 4.79 Å². The molecule has 1 heterocycles. The number of benzene rings is 1. The molecule has 0 atom stereocenters. The lowest BCUT2D eigenvalue weighted by Gasteiger charge is -2.17. The molecule has 6 heteroatoms. The smallest absolute Gasteiger partial charge is 0.257 e. The molecule has 19 heavy (non-hydrogen) atoms. The first-order valence-corrected chi connectivity index (χ1v) is 7.11. The highest BCUT2D eigenvalue weighted by Crippen LogP contribution is 2.23. The number of nitrogens with zero attached hydrogens (tertiary/aromatic N) is 1. The van der Waals surface area contributed by atoms with Crippen LogP contribution in [0.1, 0.15) is 15.9 Å². The number of carbonyl (C=O) groups excluding carboxylic acids is 1. The van der Waals surface area contributed by atoms with Gasteiger partial charge in [-0.05, 0) is 45.1 Å². The second-order valence-corrected chi connectivity index (χ2v) is 6.37. The molecule has 0 aliphatic heterocycles. The average molecular weight is 344 g/mol. The number of halogens is 2. The monoisotopic (exact) mass is 343 g/mol. The minimum atomic E-state index is -0.571. The van der Waals surface area contributed by atoms with E-state index in [4.69, 9.17) is 0 Å². The zero-order chi connectivity index (χ0) is 14.0. The fraction of sp³-hybridized carbons (Fsp3) is 0.154. The Morgan fingerprint density at radius 3 is 2.79 bits per heavy atom. The highest BCUT2D eigenvalue weighted by Gasteiger charge is 2.16. The van der Waals surface area contributed by atoms with Crippen LogP contribution in [0, 0.1) is 5.82 Å². The summed E-state index contributed by atoms with van der Waals surface area (Å²) in [6.45, 7) is 0.428. The zero-order valence-corrected chi connectivity index (χ0v) is 12.5. The van der Waals surface area contributed by atoms with Gasteiger partial charge in [-0.25, -0.2) is 4.39 Å². The number of aromatic hydroxyl groups is 1. The topological polar surface area (TPSA) is 40.5 Å². The van der Waals surface area contributed by atoms with Gasteiger partial charge in [-0.2, -0.15) is 0 Å². The quantitative estimate of drug-likeness (QED) is 0.924. The molecule has 0 saturated carbocycles. The average Bonchev–Trinajstić information content (AvgIpc) is 2.74. The largest absolute Gasteiger partial charge is 0.507 e. The lowest BCUT2D eigenvalue weighted by Crippen LogP contribution is -2.26. The molecule has 0 aliphatic rings. The molecule has 2 aromatic rings. The van der Waals surface area contributed by atoms with Crippen molar-refractivity contribution in [3.63, 3.8) is 0 Å². The van der Waals surface area contributed by atoms with Crippen molar-refractivity contribution in [3.8, 4) is 5.75 Å². The van der Waals surface area contributed by atoms with E-state index in [0.717, 1.165) is 21.5 Å². The van der Waals surface area contributed by atoms with E-state index in [-0.39, 0.29) is 17.2 Å². The minimum Gasteiger partial charge on any atom is -0.507 e. The normalized spacial score (nSPS) is 10.5. The van der Waals surface area contributed by atoms with Gasteiger partial charge in [0.05, 0.1) is 9.35 Å². The van der Waals surface area contributed by atoms with E-state index < -0.39 is 5.82 Å². The Kier molecular flexibility index (Phi) is 4.21. The van der Waals surface area contributed by atoms with Gasteiger partial charge >= 0.3 is 0 Å². The second kappa shape index (κ2) is 5.71. The van der Waals surface area contributed by atoms with Crippen molar-refractivity contribution in [1.82, 2.24) is 4.90 Å². The van der Waals surface area contributed by atoms with Gasteiger partial charge in [0.15, 0.2) is 0 Å². The summed E-state index contributed by atoms with van der Waals surface area (Å²) in [6.07, 6.45) is 0. The summed E-state index contributed by atoms with van der Waals surface area (Å²) in [5, 5.41) is 11.5. The Hall–Kier alpha value is -1.40. The van der Waals surface area contributed by atoms with Gasteiger partial charge in [0.2, 0.25) is 0 Å². The van der Waals surface area contributed by atoms with Crippen molar-refractivity contribution >= 4 is 33.2 Å². The molecule has 0 aliphatic carbocycles. The zero-order valence-electron chi connectivity index (χ0n) is 10.1. The molecule has 0 spiro atoms. The van der Waals surface area contributed by atoms with Crippen LogP contribution in [0.3, 0.4) is 0 Å². The maximum Gasteiger partial charge on any atom is 0.257 e. The van der Waals surface area contributed by atoms with Crippen molar-refractivity contribution in [2.45, 2.75) is 6.54 Å². The molecule has 1 aromatic heterocycles. The summed E-state index contributed by atoms with van der Waals surface area (Å²) in [7, 11) is 1.64. The first-order valence-electron chi connectivity index (χ1n) is 5.44. The van der Waals surface area contributed by atoms with Gasteiger partial charge < -0.3 is 10.0 Å². The SMILES string of the molecule is CN(Cc1csc(Br)c1)C(=O)c1ccc(F)cc1O. The van der Waals surface area contributed by atoms with Crippen LogP contribution in [0.25, 0.3) is 0 Å². The first kappa shape index (κ1) is 14.0. The fourth-order valence-corrected chi connectivity index (χ4v) is 2.87. The molecule has 0 bridgehead atoms. The Labute approximate surface area is 122 Å². The maximum atomic E-state index is 12.9. The number of rotatable bonds is 3. The van der Waals surface area contributed by atoms with Crippen molar-refractivity contribution in [1.29, 1.82) is 0 Å². The fourth-order valence-electron chi connectivity index (χ4n) is 1.67. The Balaban J connectivity index is 2.14. The number of hydrogen-bond acceptors (Lipinski definition) is 3. The second-order valence-electron chi connectivity index (χ2n) is 4.08.